The highest BCUT2D eigenvalue weighted by atomic mass is 19.1. The number of rotatable bonds is 3. The Kier molecular flexibility index (Phi) is 5.21. The number of benzene rings is 2. The number of nitrogens with zero attached hydrogens (tertiary/aromatic N) is 1. The molecule has 2 aromatic carbocycles. The molecule has 1 aliphatic heterocycles. The van der Waals surface area contributed by atoms with Gasteiger partial charge in [-0.2, -0.15) is 0 Å². The zero-order valence-electron chi connectivity index (χ0n) is 14.6. The fourth-order valence-corrected chi connectivity index (χ4v) is 3.02. The largest absolute Gasteiger partial charge is 0.465 e. The Balaban J connectivity index is 1.78. The van der Waals surface area contributed by atoms with Crippen LogP contribution in [0.3, 0.4) is 0 Å². The van der Waals surface area contributed by atoms with Gasteiger partial charge in [0.25, 0.3) is 5.91 Å². The summed E-state index contributed by atoms with van der Waals surface area (Å²) in [4.78, 5) is 24.7. The number of amides is 2. The zero-order chi connectivity index (χ0) is 19.6. The lowest BCUT2D eigenvalue weighted by atomic mass is 9.95. The molecular weight excluding hydrogens is 354 g/mol. The molecule has 5 nitrogen and oxygen atoms in total. The maximum atomic E-state index is 13.7. The van der Waals surface area contributed by atoms with Crippen molar-refractivity contribution < 1.29 is 23.5 Å². The molecule has 0 saturated carbocycles. The second-order valence-electron chi connectivity index (χ2n) is 6.34. The van der Waals surface area contributed by atoms with Gasteiger partial charge in [-0.25, -0.2) is 13.6 Å². The lowest BCUT2D eigenvalue weighted by Crippen LogP contribution is -2.35. The minimum atomic E-state index is -0.962. The fourth-order valence-electron chi connectivity index (χ4n) is 3.02. The molecule has 2 amide bonds. The molecule has 0 aliphatic carbocycles. The van der Waals surface area contributed by atoms with Crippen LogP contribution in [0.2, 0.25) is 0 Å². The summed E-state index contributed by atoms with van der Waals surface area (Å²) in [6.45, 7) is 2.73. The molecule has 0 fully saturated rings. The van der Waals surface area contributed by atoms with Crippen LogP contribution < -0.4 is 5.32 Å². The van der Waals surface area contributed by atoms with Crippen molar-refractivity contribution in [2.45, 2.75) is 13.3 Å². The number of carboxylic acid groups (broad SMARTS) is 1. The molecule has 7 heteroatoms. The van der Waals surface area contributed by atoms with Crippen molar-refractivity contribution in [3.05, 3.63) is 70.8 Å². The molecule has 1 heterocycles. The molecule has 2 aromatic rings. The Hall–Kier alpha value is -3.22. The van der Waals surface area contributed by atoms with Crippen LogP contribution in [-0.4, -0.2) is 35.1 Å². The predicted molar refractivity (Wildman–Crippen MR) is 97.6 cm³/mol. The maximum absolute atomic E-state index is 13.7. The van der Waals surface area contributed by atoms with Crippen molar-refractivity contribution in [2.75, 3.05) is 18.4 Å². The normalized spacial score (nSPS) is 14.3. The molecule has 0 radical (unpaired) electrons. The molecule has 0 bridgehead atoms. The summed E-state index contributed by atoms with van der Waals surface area (Å²) in [6, 6.07) is 9.96. The van der Waals surface area contributed by atoms with Crippen molar-refractivity contribution in [3.63, 3.8) is 0 Å². The van der Waals surface area contributed by atoms with Crippen LogP contribution in [-0.2, 0) is 0 Å². The molecule has 0 saturated heterocycles. The number of hydrogen-bond donors (Lipinski definition) is 2. The van der Waals surface area contributed by atoms with E-state index in [0.717, 1.165) is 28.8 Å². The van der Waals surface area contributed by atoms with Gasteiger partial charge in [0.05, 0.1) is 0 Å². The summed E-state index contributed by atoms with van der Waals surface area (Å²) < 4.78 is 27.4. The van der Waals surface area contributed by atoms with Gasteiger partial charge in [0.15, 0.2) is 0 Å². The van der Waals surface area contributed by atoms with E-state index in [1.165, 1.54) is 11.0 Å². The Labute approximate surface area is 154 Å². The average molecular weight is 372 g/mol. The Morgan fingerprint density at radius 1 is 1.07 bits per heavy atom. The second kappa shape index (κ2) is 7.57. The molecule has 27 heavy (non-hydrogen) atoms. The molecule has 0 aromatic heterocycles. The van der Waals surface area contributed by atoms with Crippen molar-refractivity contribution in [2.24, 2.45) is 0 Å². The summed E-state index contributed by atoms with van der Waals surface area (Å²) in [5.41, 5.74) is 2.62. The molecule has 140 valence electrons. The summed E-state index contributed by atoms with van der Waals surface area (Å²) in [5, 5.41) is 11.6. The third-order valence-electron chi connectivity index (χ3n) is 4.57. The Bertz CT molecular complexity index is 903. The second-order valence-corrected chi connectivity index (χ2v) is 6.34. The van der Waals surface area contributed by atoms with Crippen molar-refractivity contribution in [1.29, 1.82) is 0 Å². The number of halogens is 2. The third kappa shape index (κ3) is 3.97. The van der Waals surface area contributed by atoms with E-state index in [1.807, 2.05) is 6.92 Å². The first-order valence-electron chi connectivity index (χ1n) is 8.39. The van der Waals surface area contributed by atoms with Gasteiger partial charge in [-0.15, -0.1) is 0 Å². The summed E-state index contributed by atoms with van der Waals surface area (Å²) in [5.74, 6) is -2.73. The first kappa shape index (κ1) is 18.6. The van der Waals surface area contributed by atoms with E-state index in [1.54, 1.807) is 24.3 Å². The van der Waals surface area contributed by atoms with Crippen molar-refractivity contribution in [1.82, 2.24) is 4.90 Å². The minimum absolute atomic E-state index is 0.299. The van der Waals surface area contributed by atoms with Crippen molar-refractivity contribution in [3.8, 4) is 0 Å². The van der Waals surface area contributed by atoms with Gasteiger partial charge in [-0.3, -0.25) is 4.79 Å². The number of carbonyl (C=O) groups excluding carboxylic acids is 1. The van der Waals surface area contributed by atoms with Crippen LogP contribution in [0.1, 0.15) is 29.3 Å². The number of anilines is 1. The minimum Gasteiger partial charge on any atom is -0.465 e. The van der Waals surface area contributed by atoms with Crippen LogP contribution >= 0.6 is 0 Å². The van der Waals surface area contributed by atoms with Crippen LogP contribution in [0.15, 0.2) is 48.0 Å². The number of nitrogens with one attached hydrogen (secondary N) is 1. The standard InChI is InChI=1S/C20H18F2N2O3/c1-12-9-10-24(20(26)27)11-15(12)13-5-7-14(8-6-13)23-19(25)18-16(21)3-2-4-17(18)22/h2-8H,9-11H2,1H3,(H,23,25)(H,26,27). The summed E-state index contributed by atoms with van der Waals surface area (Å²) in [7, 11) is 0. The number of carbonyl (C=O) groups is 2. The molecule has 0 unspecified atom stereocenters. The zero-order valence-corrected chi connectivity index (χ0v) is 14.6. The van der Waals surface area contributed by atoms with Crippen molar-refractivity contribution >= 4 is 23.3 Å². The molecule has 0 atom stereocenters. The first-order chi connectivity index (χ1) is 12.9. The van der Waals surface area contributed by atoms with E-state index in [0.29, 0.717) is 25.2 Å². The predicted octanol–water partition coefficient (Wildman–Crippen LogP) is 4.37. The van der Waals surface area contributed by atoms with E-state index in [2.05, 4.69) is 5.32 Å². The first-order valence-corrected chi connectivity index (χ1v) is 8.39. The van der Waals surface area contributed by atoms with Gasteiger partial charge in [-0.05, 0) is 48.7 Å². The highest BCUT2D eigenvalue weighted by Gasteiger charge is 2.21. The molecular formula is C20H18F2N2O3. The monoisotopic (exact) mass is 372 g/mol. The van der Waals surface area contributed by atoms with E-state index in [9.17, 15) is 23.5 Å². The average Bonchev–Trinajstić information content (AvgIpc) is 2.62. The van der Waals surface area contributed by atoms with Gasteiger partial charge in [-0.1, -0.05) is 23.8 Å². The quantitative estimate of drug-likeness (QED) is 0.840. The topological polar surface area (TPSA) is 69.6 Å². The molecule has 1 aliphatic rings. The number of hydrogen-bond acceptors (Lipinski definition) is 2. The fraction of sp³-hybridized carbons (Fsp3) is 0.200. The summed E-state index contributed by atoms with van der Waals surface area (Å²) in [6.07, 6.45) is -0.303. The van der Waals surface area contributed by atoms with Gasteiger partial charge in [0, 0.05) is 18.8 Å². The smallest absolute Gasteiger partial charge is 0.407 e. The van der Waals surface area contributed by atoms with E-state index < -0.39 is 29.2 Å². The van der Waals surface area contributed by atoms with Crippen LogP contribution in [0, 0.1) is 11.6 Å². The highest BCUT2D eigenvalue weighted by Crippen LogP contribution is 2.27. The van der Waals surface area contributed by atoms with Gasteiger partial charge in [0.1, 0.15) is 17.2 Å². The van der Waals surface area contributed by atoms with E-state index in [4.69, 9.17) is 0 Å². The van der Waals surface area contributed by atoms with Gasteiger partial charge >= 0.3 is 6.09 Å². The highest BCUT2D eigenvalue weighted by molar-refractivity contribution is 6.04. The van der Waals surface area contributed by atoms with Gasteiger partial charge in [0.2, 0.25) is 0 Å². The Morgan fingerprint density at radius 3 is 2.30 bits per heavy atom. The SMILES string of the molecule is CC1=C(c2ccc(NC(=O)c3c(F)cccc3F)cc2)CN(C(=O)O)CC1. The lowest BCUT2D eigenvalue weighted by Gasteiger charge is -2.28. The van der Waals surface area contributed by atoms with Crippen LogP contribution in [0.4, 0.5) is 19.3 Å². The van der Waals surface area contributed by atoms with Crippen LogP contribution in [0.25, 0.3) is 5.57 Å². The molecule has 3 rings (SSSR count). The summed E-state index contributed by atoms with van der Waals surface area (Å²) >= 11 is 0. The van der Waals surface area contributed by atoms with Gasteiger partial charge < -0.3 is 15.3 Å². The van der Waals surface area contributed by atoms with E-state index >= 15 is 0 Å². The third-order valence-corrected chi connectivity index (χ3v) is 4.57. The maximum Gasteiger partial charge on any atom is 0.407 e. The van der Waals surface area contributed by atoms with Crippen LogP contribution in [0.5, 0.6) is 0 Å². The Morgan fingerprint density at radius 2 is 1.70 bits per heavy atom. The molecule has 2 N–H and O–H groups in total. The lowest BCUT2D eigenvalue weighted by molar-refractivity contribution is 0.101. The van der Waals surface area contributed by atoms with E-state index in [-0.39, 0.29) is 0 Å². The molecule has 0 spiro atoms.